The minimum absolute atomic E-state index is 0.142. The molecule has 1 aliphatic heterocycles. The highest BCUT2D eigenvalue weighted by Crippen LogP contribution is 2.25. The highest BCUT2D eigenvalue weighted by Gasteiger charge is 2.29. The Morgan fingerprint density at radius 2 is 2.00 bits per heavy atom. The summed E-state index contributed by atoms with van der Waals surface area (Å²) < 4.78 is 0. The lowest BCUT2D eigenvalue weighted by atomic mass is 10.0. The van der Waals surface area contributed by atoms with Crippen LogP contribution in [0.15, 0.2) is 61.1 Å². The van der Waals surface area contributed by atoms with E-state index >= 15 is 0 Å². The molecule has 1 atom stereocenters. The summed E-state index contributed by atoms with van der Waals surface area (Å²) in [6.45, 7) is 0.852. The van der Waals surface area contributed by atoms with E-state index in [1.54, 1.807) is 6.20 Å². The largest absolute Gasteiger partial charge is 0.336 e. The smallest absolute Gasteiger partial charge is 0.254 e. The summed E-state index contributed by atoms with van der Waals surface area (Å²) in [6, 6.07) is 14.1. The molecule has 4 heteroatoms. The van der Waals surface area contributed by atoms with Gasteiger partial charge >= 0.3 is 0 Å². The number of fused-ring (bicyclic) bond motifs is 1. The van der Waals surface area contributed by atoms with Crippen LogP contribution in [0.5, 0.6) is 0 Å². The number of carbonyl (C=O) groups is 1. The summed E-state index contributed by atoms with van der Waals surface area (Å²) in [5.74, 6) is 0.142. The van der Waals surface area contributed by atoms with E-state index in [1.165, 1.54) is 5.56 Å². The zero-order valence-corrected chi connectivity index (χ0v) is 14.1. The van der Waals surface area contributed by atoms with E-state index in [0.717, 1.165) is 48.7 Å². The highest BCUT2D eigenvalue weighted by atomic mass is 16.2. The van der Waals surface area contributed by atoms with Gasteiger partial charge in [-0.25, -0.2) is 0 Å². The van der Waals surface area contributed by atoms with Gasteiger partial charge in [0, 0.05) is 42.1 Å². The third kappa shape index (κ3) is 3.38. The van der Waals surface area contributed by atoms with Crippen molar-refractivity contribution < 1.29 is 4.79 Å². The molecule has 1 fully saturated rings. The second-order valence-electron chi connectivity index (χ2n) is 6.60. The SMILES string of the molecule is O=C(c1ccc2ncccc2c1)N1CCC[C@H]1CCc1ccncc1. The van der Waals surface area contributed by atoms with Crippen molar-refractivity contribution in [1.29, 1.82) is 0 Å². The molecule has 1 aliphatic rings. The van der Waals surface area contributed by atoms with Gasteiger partial charge in [-0.3, -0.25) is 14.8 Å². The van der Waals surface area contributed by atoms with E-state index in [9.17, 15) is 4.79 Å². The molecule has 1 amide bonds. The van der Waals surface area contributed by atoms with Crippen molar-refractivity contribution in [1.82, 2.24) is 14.9 Å². The molecule has 4 nitrogen and oxygen atoms in total. The number of aryl methyl sites for hydroxylation is 1. The maximum absolute atomic E-state index is 13.0. The molecule has 1 saturated heterocycles. The van der Waals surface area contributed by atoms with Gasteiger partial charge in [0.15, 0.2) is 0 Å². The number of rotatable bonds is 4. The van der Waals surface area contributed by atoms with Crippen LogP contribution >= 0.6 is 0 Å². The van der Waals surface area contributed by atoms with E-state index in [2.05, 4.69) is 27.0 Å². The molecular weight excluding hydrogens is 310 g/mol. The van der Waals surface area contributed by atoms with Gasteiger partial charge in [-0.2, -0.15) is 0 Å². The van der Waals surface area contributed by atoms with Crippen LogP contribution in [0.1, 0.15) is 35.2 Å². The Hall–Kier alpha value is -2.75. The molecule has 0 aliphatic carbocycles. The Labute approximate surface area is 147 Å². The Morgan fingerprint density at radius 3 is 2.88 bits per heavy atom. The van der Waals surface area contributed by atoms with Crippen LogP contribution in [0.2, 0.25) is 0 Å². The van der Waals surface area contributed by atoms with Gasteiger partial charge in [0.05, 0.1) is 5.52 Å². The van der Waals surface area contributed by atoms with E-state index in [1.807, 2.05) is 42.7 Å². The molecule has 4 rings (SSSR count). The van der Waals surface area contributed by atoms with Crippen LogP contribution < -0.4 is 0 Å². The first kappa shape index (κ1) is 15.8. The number of amides is 1. The maximum atomic E-state index is 13.0. The summed E-state index contributed by atoms with van der Waals surface area (Å²) in [4.78, 5) is 23.5. The molecule has 0 N–H and O–H groups in total. The first-order valence-electron chi connectivity index (χ1n) is 8.86. The monoisotopic (exact) mass is 331 g/mol. The summed E-state index contributed by atoms with van der Waals surface area (Å²) in [7, 11) is 0. The number of likely N-dealkylation sites (tertiary alicyclic amines) is 1. The second-order valence-corrected chi connectivity index (χ2v) is 6.60. The van der Waals surface area contributed by atoms with Crippen molar-refractivity contribution in [2.24, 2.45) is 0 Å². The first-order valence-corrected chi connectivity index (χ1v) is 8.86. The van der Waals surface area contributed by atoms with Crippen LogP contribution in [0.3, 0.4) is 0 Å². The lowest BCUT2D eigenvalue weighted by molar-refractivity contribution is 0.0731. The number of hydrogen-bond acceptors (Lipinski definition) is 3. The number of pyridine rings is 2. The number of carbonyl (C=O) groups excluding carboxylic acids is 1. The third-order valence-corrected chi connectivity index (χ3v) is 5.00. The van der Waals surface area contributed by atoms with Crippen LogP contribution in [0.25, 0.3) is 10.9 Å². The standard InChI is InChI=1S/C21H21N3O/c25-21(18-6-8-20-17(15-18)3-1-11-23-20)24-14-2-4-19(24)7-5-16-9-12-22-13-10-16/h1,3,6,8-13,15,19H,2,4-5,7,14H2/t19-/m0/s1. The predicted octanol–water partition coefficient (Wildman–Crippen LogP) is 3.87. The lowest BCUT2D eigenvalue weighted by Crippen LogP contribution is -2.35. The average Bonchev–Trinajstić information content (AvgIpc) is 3.15. The van der Waals surface area contributed by atoms with Crippen molar-refractivity contribution in [3.05, 3.63) is 72.2 Å². The first-order chi connectivity index (χ1) is 12.3. The fourth-order valence-corrected chi connectivity index (χ4v) is 3.66. The van der Waals surface area contributed by atoms with Crippen LogP contribution in [-0.2, 0) is 6.42 Å². The molecule has 3 heterocycles. The number of benzene rings is 1. The van der Waals surface area contributed by atoms with Gasteiger partial charge in [0.2, 0.25) is 0 Å². The summed E-state index contributed by atoms with van der Waals surface area (Å²) in [6.07, 6.45) is 9.60. The molecule has 25 heavy (non-hydrogen) atoms. The summed E-state index contributed by atoms with van der Waals surface area (Å²) in [5.41, 5.74) is 2.97. The maximum Gasteiger partial charge on any atom is 0.254 e. The average molecular weight is 331 g/mol. The molecule has 0 bridgehead atoms. The number of nitrogens with zero attached hydrogens (tertiary/aromatic N) is 3. The van der Waals surface area contributed by atoms with Gasteiger partial charge in [-0.1, -0.05) is 6.07 Å². The Bertz CT molecular complexity index is 878. The zero-order valence-electron chi connectivity index (χ0n) is 14.1. The van der Waals surface area contributed by atoms with Gasteiger partial charge in [-0.15, -0.1) is 0 Å². The Balaban J connectivity index is 1.49. The van der Waals surface area contributed by atoms with E-state index < -0.39 is 0 Å². The summed E-state index contributed by atoms with van der Waals surface area (Å²) in [5, 5.41) is 1.01. The zero-order chi connectivity index (χ0) is 17.1. The van der Waals surface area contributed by atoms with Crippen molar-refractivity contribution in [3.8, 4) is 0 Å². The lowest BCUT2D eigenvalue weighted by Gasteiger charge is -2.25. The van der Waals surface area contributed by atoms with Crippen molar-refractivity contribution in [2.45, 2.75) is 31.7 Å². The van der Waals surface area contributed by atoms with Crippen molar-refractivity contribution in [3.63, 3.8) is 0 Å². The Kier molecular flexibility index (Phi) is 4.42. The van der Waals surface area contributed by atoms with Gasteiger partial charge < -0.3 is 4.90 Å². The van der Waals surface area contributed by atoms with E-state index in [4.69, 9.17) is 0 Å². The van der Waals surface area contributed by atoms with Crippen LogP contribution in [0, 0.1) is 0 Å². The summed E-state index contributed by atoms with van der Waals surface area (Å²) >= 11 is 0. The topological polar surface area (TPSA) is 46.1 Å². The quantitative estimate of drug-likeness (QED) is 0.729. The molecule has 0 saturated carbocycles. The molecule has 0 radical (unpaired) electrons. The van der Waals surface area contributed by atoms with Crippen LogP contribution in [-0.4, -0.2) is 33.4 Å². The highest BCUT2D eigenvalue weighted by molar-refractivity contribution is 5.98. The second kappa shape index (κ2) is 7.01. The Morgan fingerprint density at radius 1 is 1.12 bits per heavy atom. The molecule has 0 unspecified atom stereocenters. The van der Waals surface area contributed by atoms with Crippen molar-refractivity contribution in [2.75, 3.05) is 6.54 Å². The number of hydrogen-bond donors (Lipinski definition) is 0. The molecule has 126 valence electrons. The van der Waals surface area contributed by atoms with Gasteiger partial charge in [0.1, 0.15) is 0 Å². The van der Waals surface area contributed by atoms with E-state index in [-0.39, 0.29) is 5.91 Å². The molecule has 1 aromatic carbocycles. The normalized spacial score (nSPS) is 17.1. The minimum Gasteiger partial charge on any atom is -0.336 e. The number of aromatic nitrogens is 2. The van der Waals surface area contributed by atoms with Gasteiger partial charge in [-0.05, 0) is 67.6 Å². The van der Waals surface area contributed by atoms with Crippen LogP contribution in [0.4, 0.5) is 0 Å². The van der Waals surface area contributed by atoms with E-state index in [0.29, 0.717) is 6.04 Å². The van der Waals surface area contributed by atoms with Crippen molar-refractivity contribution >= 4 is 16.8 Å². The molecular formula is C21H21N3O. The van der Waals surface area contributed by atoms with Gasteiger partial charge in [0.25, 0.3) is 5.91 Å². The third-order valence-electron chi connectivity index (χ3n) is 5.00. The minimum atomic E-state index is 0.142. The fourth-order valence-electron chi connectivity index (χ4n) is 3.66. The molecule has 0 spiro atoms. The fraction of sp³-hybridized carbons (Fsp3) is 0.286. The predicted molar refractivity (Wildman–Crippen MR) is 98.4 cm³/mol. The molecule has 3 aromatic rings. The molecule has 2 aromatic heterocycles.